The fraction of sp³-hybridized carbons (Fsp3) is 0.462. The van der Waals surface area contributed by atoms with E-state index in [1.54, 1.807) is 19.2 Å². The van der Waals surface area contributed by atoms with Crippen LogP contribution in [0, 0.1) is 0 Å². The van der Waals surface area contributed by atoms with E-state index in [1.807, 2.05) is 26.0 Å². The van der Waals surface area contributed by atoms with Gasteiger partial charge < -0.3 is 24.4 Å². The Morgan fingerprint density at radius 1 is 1.19 bits per heavy atom. The molecule has 0 amide bonds. The smallest absolute Gasteiger partial charge is 0.132 e. The summed E-state index contributed by atoms with van der Waals surface area (Å²) in [6.45, 7) is 8.64. The Kier molecular flexibility index (Phi) is 5.54. The highest BCUT2D eigenvalue weighted by Gasteiger charge is 2.34. The zero-order chi connectivity index (χ0) is 22.3. The SMILES string of the molecule is COc1c2c(cc3c1CCC(C)(C)O3)OCC(c1ccc(O)c(CC=C(C)C)c1O)C2. The summed E-state index contributed by atoms with van der Waals surface area (Å²) < 4.78 is 18.2. The first-order chi connectivity index (χ1) is 14.7. The topological polar surface area (TPSA) is 68.2 Å². The molecule has 5 nitrogen and oxygen atoms in total. The first-order valence-electron chi connectivity index (χ1n) is 10.9. The molecule has 2 aromatic carbocycles. The van der Waals surface area contributed by atoms with Crippen LogP contribution in [0.3, 0.4) is 0 Å². The van der Waals surface area contributed by atoms with Crippen LogP contribution in [0.2, 0.25) is 0 Å². The molecule has 5 heteroatoms. The summed E-state index contributed by atoms with van der Waals surface area (Å²) in [5.74, 6) is 2.68. The van der Waals surface area contributed by atoms with Crippen LogP contribution >= 0.6 is 0 Å². The van der Waals surface area contributed by atoms with Gasteiger partial charge in [0.1, 0.15) is 34.3 Å². The van der Waals surface area contributed by atoms with E-state index in [2.05, 4.69) is 13.8 Å². The molecule has 0 saturated carbocycles. The lowest BCUT2D eigenvalue weighted by atomic mass is 9.85. The molecule has 1 unspecified atom stereocenters. The summed E-state index contributed by atoms with van der Waals surface area (Å²) in [6, 6.07) is 5.45. The summed E-state index contributed by atoms with van der Waals surface area (Å²) in [7, 11) is 1.69. The van der Waals surface area contributed by atoms with Crippen molar-refractivity contribution in [1.82, 2.24) is 0 Å². The molecule has 0 spiro atoms. The van der Waals surface area contributed by atoms with E-state index in [4.69, 9.17) is 14.2 Å². The second-order valence-electron chi connectivity index (χ2n) is 9.42. The average Bonchev–Trinajstić information content (AvgIpc) is 2.71. The minimum absolute atomic E-state index is 0.0357. The van der Waals surface area contributed by atoms with E-state index < -0.39 is 0 Å². The fourth-order valence-corrected chi connectivity index (χ4v) is 4.55. The van der Waals surface area contributed by atoms with Gasteiger partial charge >= 0.3 is 0 Å². The molecule has 0 aromatic heterocycles. The summed E-state index contributed by atoms with van der Waals surface area (Å²) in [5, 5.41) is 21.3. The van der Waals surface area contributed by atoms with Gasteiger partial charge in [0.15, 0.2) is 0 Å². The Morgan fingerprint density at radius 2 is 1.97 bits per heavy atom. The Labute approximate surface area is 184 Å². The van der Waals surface area contributed by atoms with E-state index in [9.17, 15) is 10.2 Å². The summed E-state index contributed by atoms with van der Waals surface area (Å²) in [6.07, 6.45) is 4.99. The van der Waals surface area contributed by atoms with Crippen molar-refractivity contribution in [3.05, 3.63) is 52.1 Å². The molecule has 4 rings (SSSR count). The molecule has 0 aliphatic carbocycles. The van der Waals surface area contributed by atoms with Gasteiger partial charge in [-0.1, -0.05) is 17.7 Å². The zero-order valence-electron chi connectivity index (χ0n) is 19.0. The van der Waals surface area contributed by atoms with E-state index in [0.29, 0.717) is 25.0 Å². The van der Waals surface area contributed by atoms with Crippen molar-refractivity contribution >= 4 is 0 Å². The van der Waals surface area contributed by atoms with Crippen molar-refractivity contribution in [3.63, 3.8) is 0 Å². The number of allylic oxidation sites excluding steroid dienone is 2. The van der Waals surface area contributed by atoms with Gasteiger partial charge in [-0.3, -0.25) is 0 Å². The van der Waals surface area contributed by atoms with Crippen LogP contribution in [-0.4, -0.2) is 29.5 Å². The molecule has 2 aliphatic heterocycles. The van der Waals surface area contributed by atoms with Gasteiger partial charge in [-0.25, -0.2) is 0 Å². The fourth-order valence-electron chi connectivity index (χ4n) is 4.55. The average molecular weight is 425 g/mol. The van der Waals surface area contributed by atoms with Crippen LogP contribution in [0.15, 0.2) is 29.8 Å². The quantitative estimate of drug-likeness (QED) is 0.640. The number of methoxy groups -OCH3 is 1. The number of benzene rings is 2. The van der Waals surface area contributed by atoms with E-state index in [1.165, 1.54) is 0 Å². The van der Waals surface area contributed by atoms with Crippen LogP contribution < -0.4 is 14.2 Å². The molecular weight excluding hydrogens is 392 g/mol. The lowest BCUT2D eigenvalue weighted by Crippen LogP contribution is -2.33. The second-order valence-corrected chi connectivity index (χ2v) is 9.42. The van der Waals surface area contributed by atoms with Gasteiger partial charge in [-0.05, 0) is 59.4 Å². The molecular formula is C26H32O5. The first kappa shape index (κ1) is 21.4. The first-order valence-corrected chi connectivity index (χ1v) is 10.9. The van der Waals surface area contributed by atoms with Crippen molar-refractivity contribution in [3.8, 4) is 28.7 Å². The van der Waals surface area contributed by atoms with Crippen molar-refractivity contribution < 1.29 is 24.4 Å². The number of ether oxygens (including phenoxy) is 3. The Hall–Kier alpha value is -2.82. The predicted molar refractivity (Wildman–Crippen MR) is 121 cm³/mol. The second kappa shape index (κ2) is 8.03. The lowest BCUT2D eigenvalue weighted by molar-refractivity contribution is 0.0826. The number of rotatable bonds is 4. The van der Waals surface area contributed by atoms with Crippen LogP contribution in [0.25, 0.3) is 0 Å². The summed E-state index contributed by atoms with van der Waals surface area (Å²) >= 11 is 0. The van der Waals surface area contributed by atoms with Gasteiger partial charge in [0.2, 0.25) is 0 Å². The maximum absolute atomic E-state index is 11.0. The Balaban J connectivity index is 1.70. The highest BCUT2D eigenvalue weighted by molar-refractivity contribution is 5.60. The maximum atomic E-state index is 11.0. The third kappa shape index (κ3) is 4.06. The van der Waals surface area contributed by atoms with Crippen molar-refractivity contribution in [2.24, 2.45) is 0 Å². The highest BCUT2D eigenvalue weighted by atomic mass is 16.5. The summed E-state index contributed by atoms with van der Waals surface area (Å²) in [5.41, 5.74) is 4.38. The predicted octanol–water partition coefficient (Wildman–Crippen LogP) is 5.44. The highest BCUT2D eigenvalue weighted by Crippen LogP contribution is 2.49. The number of fused-ring (bicyclic) bond motifs is 2. The molecule has 0 bridgehead atoms. The molecule has 0 radical (unpaired) electrons. The summed E-state index contributed by atoms with van der Waals surface area (Å²) in [4.78, 5) is 0. The zero-order valence-corrected chi connectivity index (χ0v) is 19.0. The third-order valence-corrected chi connectivity index (χ3v) is 6.31. The minimum atomic E-state index is -0.205. The molecule has 31 heavy (non-hydrogen) atoms. The molecule has 0 saturated heterocycles. The number of hydrogen-bond donors (Lipinski definition) is 2. The van der Waals surface area contributed by atoms with Gasteiger partial charge in [-0.15, -0.1) is 0 Å². The Bertz CT molecular complexity index is 1030. The molecule has 2 N–H and O–H groups in total. The van der Waals surface area contributed by atoms with Gasteiger partial charge in [0.25, 0.3) is 0 Å². The van der Waals surface area contributed by atoms with Crippen LogP contribution in [0.5, 0.6) is 28.7 Å². The number of aromatic hydroxyl groups is 2. The van der Waals surface area contributed by atoms with Crippen LogP contribution in [0.1, 0.15) is 62.3 Å². The van der Waals surface area contributed by atoms with Crippen LogP contribution in [-0.2, 0) is 19.3 Å². The maximum Gasteiger partial charge on any atom is 0.132 e. The number of phenolic OH excluding ortho intramolecular Hbond substituents is 2. The van der Waals surface area contributed by atoms with E-state index in [0.717, 1.165) is 52.4 Å². The number of phenols is 2. The molecule has 2 aliphatic rings. The minimum Gasteiger partial charge on any atom is -0.508 e. The van der Waals surface area contributed by atoms with E-state index >= 15 is 0 Å². The molecule has 0 fully saturated rings. The van der Waals surface area contributed by atoms with Crippen molar-refractivity contribution in [1.29, 1.82) is 0 Å². The molecule has 1 atom stereocenters. The number of hydrogen-bond acceptors (Lipinski definition) is 5. The van der Waals surface area contributed by atoms with Crippen molar-refractivity contribution in [2.45, 2.75) is 64.9 Å². The van der Waals surface area contributed by atoms with E-state index in [-0.39, 0.29) is 23.0 Å². The van der Waals surface area contributed by atoms with Gasteiger partial charge in [-0.2, -0.15) is 0 Å². The Morgan fingerprint density at radius 3 is 2.68 bits per heavy atom. The largest absolute Gasteiger partial charge is 0.508 e. The van der Waals surface area contributed by atoms with Crippen LogP contribution in [0.4, 0.5) is 0 Å². The normalized spacial score (nSPS) is 18.8. The standard InChI is InChI=1S/C26H32O5/c1-15(2)6-7-18-21(27)9-8-17(24(18)28)16-12-20-22(30-14-16)13-23-19(25(20)29-5)10-11-26(3,4)31-23/h6,8-9,13,16,27-28H,7,10-12,14H2,1-5H3. The third-order valence-electron chi connectivity index (χ3n) is 6.31. The van der Waals surface area contributed by atoms with Gasteiger partial charge in [0.05, 0.1) is 13.7 Å². The lowest BCUT2D eigenvalue weighted by Gasteiger charge is -2.36. The molecule has 166 valence electrons. The van der Waals surface area contributed by atoms with Gasteiger partial charge in [0, 0.05) is 34.2 Å². The molecule has 2 aromatic rings. The molecule has 2 heterocycles. The van der Waals surface area contributed by atoms with Crippen molar-refractivity contribution in [2.75, 3.05) is 13.7 Å². The monoisotopic (exact) mass is 424 g/mol.